The summed E-state index contributed by atoms with van der Waals surface area (Å²) in [6.45, 7) is 7.06. The molecule has 0 saturated carbocycles. The lowest BCUT2D eigenvalue weighted by Gasteiger charge is -2.36. The molecule has 100 valence electrons. The van der Waals surface area contributed by atoms with Crippen LogP contribution in [0.5, 0.6) is 0 Å². The van der Waals surface area contributed by atoms with Gasteiger partial charge in [-0.05, 0) is 39.7 Å². The molecule has 0 bridgehead atoms. The van der Waals surface area contributed by atoms with E-state index in [1.807, 2.05) is 19.9 Å². The summed E-state index contributed by atoms with van der Waals surface area (Å²) >= 11 is 0. The third-order valence-electron chi connectivity index (χ3n) is 3.42. The topological polar surface area (TPSA) is 58.4 Å². The van der Waals surface area contributed by atoms with E-state index in [0.717, 1.165) is 30.8 Å². The highest BCUT2D eigenvalue weighted by Crippen LogP contribution is 2.20. The van der Waals surface area contributed by atoms with Gasteiger partial charge in [-0.3, -0.25) is 9.48 Å². The van der Waals surface area contributed by atoms with Crippen LogP contribution in [0.25, 0.3) is 0 Å². The zero-order valence-corrected chi connectivity index (χ0v) is 11.3. The summed E-state index contributed by atoms with van der Waals surface area (Å²) in [6.07, 6.45) is 1.62. The van der Waals surface area contributed by atoms with Gasteiger partial charge in [-0.15, -0.1) is 0 Å². The first-order valence-corrected chi connectivity index (χ1v) is 6.39. The van der Waals surface area contributed by atoms with E-state index in [1.165, 1.54) is 0 Å². The molecule has 1 amide bonds. The average Bonchev–Trinajstić information content (AvgIpc) is 2.56. The Morgan fingerprint density at radius 3 is 2.83 bits per heavy atom. The summed E-state index contributed by atoms with van der Waals surface area (Å²) in [6, 6.07) is 1.96. The number of β-amino-alcohol motifs (C(OH)–C–C–N with tert-alkyl or cyclic N) is 1. The first-order valence-electron chi connectivity index (χ1n) is 6.39. The summed E-state index contributed by atoms with van der Waals surface area (Å²) in [5.74, 6) is 0.0289. The van der Waals surface area contributed by atoms with Crippen LogP contribution in [0.2, 0.25) is 0 Å². The van der Waals surface area contributed by atoms with Crippen molar-refractivity contribution in [2.75, 3.05) is 13.1 Å². The van der Waals surface area contributed by atoms with Crippen LogP contribution in [0.4, 0.5) is 0 Å². The number of aromatic nitrogens is 2. The quantitative estimate of drug-likeness (QED) is 0.848. The number of hydrogen-bond donors (Lipinski definition) is 1. The molecule has 5 nitrogen and oxygen atoms in total. The lowest BCUT2D eigenvalue weighted by atomic mass is 9.95. The molecule has 2 rings (SSSR count). The van der Waals surface area contributed by atoms with Crippen molar-refractivity contribution in [2.45, 2.75) is 45.8 Å². The molecule has 1 unspecified atom stereocenters. The Labute approximate surface area is 107 Å². The molecule has 1 atom stereocenters. The molecule has 1 aromatic rings. The van der Waals surface area contributed by atoms with Crippen LogP contribution in [0.15, 0.2) is 6.07 Å². The zero-order chi connectivity index (χ0) is 13.3. The van der Waals surface area contributed by atoms with Gasteiger partial charge >= 0.3 is 0 Å². The molecular weight excluding hydrogens is 230 g/mol. The van der Waals surface area contributed by atoms with Crippen LogP contribution < -0.4 is 0 Å². The van der Waals surface area contributed by atoms with Crippen molar-refractivity contribution in [3.05, 3.63) is 17.5 Å². The van der Waals surface area contributed by atoms with E-state index in [-0.39, 0.29) is 12.5 Å². The molecule has 2 heterocycles. The highest BCUT2D eigenvalue weighted by molar-refractivity contribution is 5.76. The number of aliphatic hydroxyl groups is 1. The second-order valence-corrected chi connectivity index (χ2v) is 5.50. The van der Waals surface area contributed by atoms with E-state index in [0.29, 0.717) is 6.54 Å². The third kappa shape index (κ3) is 2.90. The summed E-state index contributed by atoms with van der Waals surface area (Å²) < 4.78 is 1.72. The van der Waals surface area contributed by atoms with Crippen molar-refractivity contribution in [1.82, 2.24) is 14.7 Å². The van der Waals surface area contributed by atoms with Crippen LogP contribution in [0.3, 0.4) is 0 Å². The minimum Gasteiger partial charge on any atom is -0.388 e. The molecule has 1 fully saturated rings. The molecule has 0 aliphatic carbocycles. The fraction of sp³-hybridized carbons (Fsp3) is 0.692. The SMILES string of the molecule is Cc1cc(C)n(CC(=O)N2CCCC(C)(O)C2)n1. The van der Waals surface area contributed by atoms with Gasteiger partial charge in [0.25, 0.3) is 0 Å². The minimum absolute atomic E-state index is 0.0289. The largest absolute Gasteiger partial charge is 0.388 e. The molecular formula is C13H21N3O2. The Bertz CT molecular complexity index is 451. The van der Waals surface area contributed by atoms with Crippen LogP contribution in [0.1, 0.15) is 31.2 Å². The highest BCUT2D eigenvalue weighted by Gasteiger charge is 2.30. The number of hydrogen-bond acceptors (Lipinski definition) is 3. The Kier molecular flexibility index (Phi) is 3.43. The summed E-state index contributed by atoms with van der Waals surface area (Å²) in [4.78, 5) is 13.9. The second kappa shape index (κ2) is 4.72. The molecule has 0 aromatic carbocycles. The molecule has 1 aromatic heterocycles. The number of likely N-dealkylation sites (tertiary alicyclic amines) is 1. The molecule has 1 N–H and O–H groups in total. The molecule has 18 heavy (non-hydrogen) atoms. The number of carbonyl (C=O) groups is 1. The number of aryl methyl sites for hydroxylation is 2. The lowest BCUT2D eigenvalue weighted by Crippen LogP contribution is -2.49. The van der Waals surface area contributed by atoms with Crippen LogP contribution in [-0.4, -0.2) is 44.4 Å². The maximum absolute atomic E-state index is 12.2. The van der Waals surface area contributed by atoms with Gasteiger partial charge in [-0.25, -0.2) is 0 Å². The first kappa shape index (κ1) is 13.1. The maximum atomic E-state index is 12.2. The van der Waals surface area contributed by atoms with Gasteiger partial charge in [0.1, 0.15) is 6.54 Å². The van der Waals surface area contributed by atoms with Crippen molar-refractivity contribution in [3.8, 4) is 0 Å². The molecule has 1 aliphatic rings. The summed E-state index contributed by atoms with van der Waals surface area (Å²) in [5.41, 5.74) is 1.17. The van der Waals surface area contributed by atoms with Gasteiger partial charge in [0.2, 0.25) is 5.91 Å². The van der Waals surface area contributed by atoms with Gasteiger partial charge in [0.15, 0.2) is 0 Å². The van der Waals surface area contributed by atoms with Crippen LogP contribution in [0, 0.1) is 13.8 Å². The van der Waals surface area contributed by atoms with Gasteiger partial charge in [-0.2, -0.15) is 5.10 Å². The highest BCUT2D eigenvalue weighted by atomic mass is 16.3. The smallest absolute Gasteiger partial charge is 0.244 e. The van der Waals surface area contributed by atoms with E-state index in [9.17, 15) is 9.90 Å². The van der Waals surface area contributed by atoms with E-state index >= 15 is 0 Å². The molecule has 1 aliphatic heterocycles. The van der Waals surface area contributed by atoms with Crippen molar-refractivity contribution >= 4 is 5.91 Å². The number of carbonyl (C=O) groups excluding carboxylic acids is 1. The predicted molar refractivity (Wildman–Crippen MR) is 68.1 cm³/mol. The standard InChI is InChI=1S/C13H21N3O2/c1-10-7-11(2)16(14-10)8-12(17)15-6-4-5-13(3,18)9-15/h7,18H,4-6,8-9H2,1-3H3. The minimum atomic E-state index is -0.747. The zero-order valence-electron chi connectivity index (χ0n) is 11.3. The normalized spacial score (nSPS) is 24.3. The van der Waals surface area contributed by atoms with E-state index < -0.39 is 5.60 Å². The van der Waals surface area contributed by atoms with E-state index in [4.69, 9.17) is 0 Å². The Balaban J connectivity index is 2.02. The Hall–Kier alpha value is -1.36. The van der Waals surface area contributed by atoms with Crippen molar-refractivity contribution < 1.29 is 9.90 Å². The van der Waals surface area contributed by atoms with Crippen LogP contribution in [-0.2, 0) is 11.3 Å². The summed E-state index contributed by atoms with van der Waals surface area (Å²) in [7, 11) is 0. The lowest BCUT2D eigenvalue weighted by molar-refractivity contribution is -0.138. The van der Waals surface area contributed by atoms with E-state index in [1.54, 1.807) is 16.5 Å². The number of nitrogens with zero attached hydrogens (tertiary/aromatic N) is 3. The van der Waals surface area contributed by atoms with Gasteiger partial charge in [0.05, 0.1) is 11.3 Å². The fourth-order valence-electron chi connectivity index (χ4n) is 2.50. The van der Waals surface area contributed by atoms with Crippen LogP contribution >= 0.6 is 0 Å². The van der Waals surface area contributed by atoms with E-state index in [2.05, 4.69) is 5.10 Å². The molecule has 1 saturated heterocycles. The van der Waals surface area contributed by atoms with Crippen molar-refractivity contribution in [2.24, 2.45) is 0 Å². The Morgan fingerprint density at radius 1 is 1.56 bits per heavy atom. The van der Waals surface area contributed by atoms with Gasteiger partial charge in [0, 0.05) is 18.8 Å². The third-order valence-corrected chi connectivity index (χ3v) is 3.42. The van der Waals surface area contributed by atoms with Gasteiger partial charge in [-0.1, -0.05) is 0 Å². The van der Waals surface area contributed by atoms with Gasteiger partial charge < -0.3 is 10.0 Å². The molecule has 0 spiro atoms. The average molecular weight is 251 g/mol. The maximum Gasteiger partial charge on any atom is 0.244 e. The van der Waals surface area contributed by atoms with Crippen molar-refractivity contribution in [3.63, 3.8) is 0 Å². The summed E-state index contributed by atoms with van der Waals surface area (Å²) in [5, 5.41) is 14.3. The fourth-order valence-corrected chi connectivity index (χ4v) is 2.50. The Morgan fingerprint density at radius 2 is 2.28 bits per heavy atom. The number of rotatable bonds is 2. The number of amides is 1. The molecule has 0 radical (unpaired) electrons. The molecule has 5 heteroatoms. The van der Waals surface area contributed by atoms with Crippen molar-refractivity contribution in [1.29, 1.82) is 0 Å². The predicted octanol–water partition coefficient (Wildman–Crippen LogP) is 0.873. The number of piperidine rings is 1. The monoisotopic (exact) mass is 251 g/mol. The second-order valence-electron chi connectivity index (χ2n) is 5.50. The first-order chi connectivity index (χ1) is 8.37.